The van der Waals surface area contributed by atoms with Gasteiger partial charge >= 0.3 is 5.97 Å². The number of nitrogens with zero attached hydrogens (tertiary/aromatic N) is 1. The van der Waals surface area contributed by atoms with Crippen molar-refractivity contribution in [2.45, 2.75) is 17.9 Å². The van der Waals surface area contributed by atoms with Gasteiger partial charge in [-0.2, -0.15) is 0 Å². The number of para-hydroxylation sites is 2. The molecule has 3 rings (SSSR count). The van der Waals surface area contributed by atoms with E-state index in [1.54, 1.807) is 36.4 Å². The highest BCUT2D eigenvalue weighted by Crippen LogP contribution is 2.37. The minimum absolute atomic E-state index is 0.0984. The second-order valence-corrected chi connectivity index (χ2v) is 7.40. The summed E-state index contributed by atoms with van der Waals surface area (Å²) in [5.41, 5.74) is 0.376. The van der Waals surface area contributed by atoms with Gasteiger partial charge < -0.3 is 14.2 Å². The molecule has 8 heteroatoms. The van der Waals surface area contributed by atoms with Crippen LogP contribution in [0.2, 0.25) is 0 Å². The van der Waals surface area contributed by atoms with E-state index in [1.165, 1.54) is 23.5 Å². The van der Waals surface area contributed by atoms with Crippen molar-refractivity contribution in [1.82, 2.24) is 0 Å². The van der Waals surface area contributed by atoms with Gasteiger partial charge in [0.25, 0.3) is 10.0 Å². The molecule has 0 bridgehead atoms. The van der Waals surface area contributed by atoms with Crippen molar-refractivity contribution in [1.29, 1.82) is 0 Å². The quantitative estimate of drug-likeness (QED) is 0.743. The molecule has 1 atom stereocenters. The number of ether oxygens (including phenoxy) is 3. The van der Waals surface area contributed by atoms with Gasteiger partial charge in [0, 0.05) is 0 Å². The highest BCUT2D eigenvalue weighted by atomic mass is 32.2. The molecule has 0 spiro atoms. The Labute approximate surface area is 152 Å². The molecule has 0 aliphatic carbocycles. The van der Waals surface area contributed by atoms with Crippen molar-refractivity contribution >= 4 is 21.7 Å². The van der Waals surface area contributed by atoms with Gasteiger partial charge in [0.05, 0.1) is 30.8 Å². The third-order valence-electron chi connectivity index (χ3n) is 3.92. The van der Waals surface area contributed by atoms with Crippen LogP contribution in [0.1, 0.15) is 6.92 Å². The fourth-order valence-electron chi connectivity index (χ4n) is 2.69. The number of hydrogen-bond acceptors (Lipinski definition) is 6. The molecule has 26 heavy (non-hydrogen) atoms. The van der Waals surface area contributed by atoms with Crippen molar-refractivity contribution in [3.8, 4) is 11.5 Å². The summed E-state index contributed by atoms with van der Waals surface area (Å²) < 4.78 is 43.1. The van der Waals surface area contributed by atoms with Crippen LogP contribution in [-0.4, -0.2) is 40.8 Å². The number of fused-ring (bicyclic) bond motifs is 1. The van der Waals surface area contributed by atoms with Gasteiger partial charge in [0.2, 0.25) is 6.10 Å². The number of hydrogen-bond donors (Lipinski definition) is 0. The third-order valence-corrected chi connectivity index (χ3v) is 5.72. The topological polar surface area (TPSA) is 82.1 Å². The second kappa shape index (κ2) is 7.25. The minimum Gasteiger partial charge on any atom is -0.494 e. The smallest absolute Gasteiger partial charge is 0.348 e. The minimum atomic E-state index is -3.89. The van der Waals surface area contributed by atoms with Crippen molar-refractivity contribution < 1.29 is 27.4 Å². The summed E-state index contributed by atoms with van der Waals surface area (Å²) in [7, 11) is -2.66. The molecule has 2 aromatic carbocycles. The van der Waals surface area contributed by atoms with Crippen LogP contribution in [0.25, 0.3) is 0 Å². The molecular formula is C18H19NO6S. The number of benzene rings is 2. The Morgan fingerprint density at radius 1 is 1.19 bits per heavy atom. The Hall–Kier alpha value is -2.74. The largest absolute Gasteiger partial charge is 0.494 e. The second-order valence-electron chi connectivity index (χ2n) is 5.54. The van der Waals surface area contributed by atoms with Crippen LogP contribution < -0.4 is 13.8 Å². The van der Waals surface area contributed by atoms with Crippen LogP contribution in [0.3, 0.4) is 0 Å². The number of rotatable bonds is 5. The number of carbonyl (C=O) groups excluding carboxylic acids is 1. The van der Waals surface area contributed by atoms with Gasteiger partial charge in [-0.25, -0.2) is 13.2 Å². The van der Waals surface area contributed by atoms with Crippen molar-refractivity contribution in [3.05, 3.63) is 48.5 Å². The fourth-order valence-corrected chi connectivity index (χ4v) is 4.16. The first-order valence-corrected chi connectivity index (χ1v) is 9.50. The van der Waals surface area contributed by atoms with Gasteiger partial charge in [-0.1, -0.05) is 12.1 Å². The maximum Gasteiger partial charge on any atom is 0.348 e. The highest BCUT2D eigenvalue weighted by molar-refractivity contribution is 7.92. The zero-order valence-corrected chi connectivity index (χ0v) is 15.2. The summed E-state index contributed by atoms with van der Waals surface area (Å²) in [5, 5.41) is 0. The summed E-state index contributed by atoms with van der Waals surface area (Å²) in [6.45, 7) is 2.17. The van der Waals surface area contributed by atoms with E-state index in [1.807, 2.05) is 6.92 Å². The average molecular weight is 377 g/mol. The van der Waals surface area contributed by atoms with Gasteiger partial charge in [-0.3, -0.25) is 4.31 Å². The van der Waals surface area contributed by atoms with E-state index >= 15 is 0 Å². The summed E-state index contributed by atoms with van der Waals surface area (Å²) in [5.74, 6) is 0.260. The number of esters is 1. The lowest BCUT2D eigenvalue weighted by molar-refractivity contribution is -0.148. The maximum atomic E-state index is 13.2. The van der Waals surface area contributed by atoms with Crippen LogP contribution in [0.15, 0.2) is 53.4 Å². The lowest BCUT2D eigenvalue weighted by Gasteiger charge is -2.34. The first-order valence-electron chi connectivity index (χ1n) is 8.06. The standard InChI is InChI=1S/C18H19NO6S/c1-3-24-13-8-10-14(11-9-13)26(21,22)19-12-17(18(20)23-2)25-16-7-5-4-6-15(16)19/h4-11,17H,3,12H2,1-2H3/t17-/m0/s1. The lowest BCUT2D eigenvalue weighted by Crippen LogP contribution is -2.47. The van der Waals surface area contributed by atoms with E-state index in [-0.39, 0.29) is 11.4 Å². The Kier molecular flexibility index (Phi) is 5.03. The van der Waals surface area contributed by atoms with Crippen LogP contribution >= 0.6 is 0 Å². The van der Waals surface area contributed by atoms with E-state index in [0.29, 0.717) is 23.8 Å². The van der Waals surface area contributed by atoms with Gasteiger partial charge in [0.1, 0.15) is 11.5 Å². The van der Waals surface area contributed by atoms with E-state index in [2.05, 4.69) is 0 Å². The number of sulfonamides is 1. The Morgan fingerprint density at radius 2 is 1.88 bits per heavy atom. The molecule has 0 aromatic heterocycles. The Bertz CT molecular complexity index is 894. The summed E-state index contributed by atoms with van der Waals surface area (Å²) in [4.78, 5) is 12.0. The normalized spacial score (nSPS) is 16.4. The first-order chi connectivity index (χ1) is 12.5. The first kappa shape index (κ1) is 18.1. The maximum absolute atomic E-state index is 13.2. The van der Waals surface area contributed by atoms with E-state index in [4.69, 9.17) is 14.2 Å². The molecule has 1 aliphatic rings. The molecule has 0 fully saturated rings. The zero-order chi connectivity index (χ0) is 18.7. The zero-order valence-electron chi connectivity index (χ0n) is 14.4. The predicted octanol–water partition coefficient (Wildman–Crippen LogP) is 2.21. The summed E-state index contributed by atoms with van der Waals surface area (Å²) >= 11 is 0. The predicted molar refractivity (Wildman–Crippen MR) is 95.0 cm³/mol. The molecule has 0 radical (unpaired) electrons. The molecule has 1 heterocycles. The summed E-state index contributed by atoms with van der Waals surface area (Å²) in [6.07, 6.45) is -1.03. The molecule has 1 aliphatic heterocycles. The van der Waals surface area contributed by atoms with Crippen LogP contribution in [0.5, 0.6) is 11.5 Å². The van der Waals surface area contributed by atoms with Gasteiger partial charge in [-0.15, -0.1) is 0 Å². The number of carbonyl (C=O) groups is 1. The molecule has 0 saturated carbocycles. The number of methoxy groups -OCH3 is 1. The van der Waals surface area contributed by atoms with Crippen molar-refractivity contribution in [2.75, 3.05) is 24.6 Å². The molecule has 2 aromatic rings. The molecule has 0 amide bonds. The molecule has 0 unspecified atom stereocenters. The lowest BCUT2D eigenvalue weighted by atomic mass is 10.2. The van der Waals surface area contributed by atoms with Crippen LogP contribution in [0, 0.1) is 0 Å². The Balaban J connectivity index is 2.00. The third kappa shape index (κ3) is 3.32. The van der Waals surface area contributed by atoms with Crippen LogP contribution in [0.4, 0.5) is 5.69 Å². The van der Waals surface area contributed by atoms with Gasteiger partial charge in [-0.05, 0) is 43.3 Å². The van der Waals surface area contributed by atoms with Crippen molar-refractivity contribution in [3.63, 3.8) is 0 Å². The van der Waals surface area contributed by atoms with Crippen molar-refractivity contribution in [2.24, 2.45) is 0 Å². The average Bonchev–Trinajstić information content (AvgIpc) is 2.67. The van der Waals surface area contributed by atoms with E-state index in [9.17, 15) is 13.2 Å². The van der Waals surface area contributed by atoms with Gasteiger partial charge in [0.15, 0.2) is 0 Å². The summed E-state index contributed by atoms with van der Waals surface area (Å²) in [6, 6.07) is 12.8. The molecule has 0 saturated heterocycles. The molecule has 0 N–H and O–H groups in total. The monoisotopic (exact) mass is 377 g/mol. The Morgan fingerprint density at radius 3 is 2.54 bits per heavy atom. The molecule has 7 nitrogen and oxygen atoms in total. The SMILES string of the molecule is CCOc1ccc(S(=O)(=O)N2C[C@@H](C(=O)OC)Oc3ccccc32)cc1. The van der Waals surface area contributed by atoms with E-state index in [0.717, 1.165) is 0 Å². The van der Waals surface area contributed by atoms with Crippen LogP contribution in [-0.2, 0) is 19.6 Å². The molecular weight excluding hydrogens is 358 g/mol. The number of anilines is 1. The fraction of sp³-hybridized carbons (Fsp3) is 0.278. The molecule has 138 valence electrons. The van der Waals surface area contributed by atoms with E-state index < -0.39 is 22.1 Å². The highest BCUT2D eigenvalue weighted by Gasteiger charge is 2.37.